The zero-order valence-corrected chi connectivity index (χ0v) is 26.4. The molecular formula is C38H41N3O5. The lowest BCUT2D eigenvalue weighted by Crippen LogP contribution is -2.54. The lowest BCUT2D eigenvalue weighted by Gasteiger charge is -2.37. The largest absolute Gasteiger partial charge is 0.444 e. The number of rotatable bonds is 13. The van der Waals surface area contributed by atoms with E-state index in [1.807, 2.05) is 121 Å². The van der Waals surface area contributed by atoms with Gasteiger partial charge >= 0.3 is 6.09 Å². The Bertz CT molecular complexity index is 1480. The summed E-state index contributed by atoms with van der Waals surface area (Å²) in [7, 11) is 0. The van der Waals surface area contributed by atoms with E-state index < -0.39 is 47.6 Å². The molecule has 0 bridgehead atoms. The van der Waals surface area contributed by atoms with Crippen LogP contribution in [0.15, 0.2) is 121 Å². The zero-order chi connectivity index (χ0) is 33.0. The summed E-state index contributed by atoms with van der Waals surface area (Å²) in [5.41, 5.74) is 1.49. The lowest BCUT2D eigenvalue weighted by molar-refractivity contribution is -0.130. The molecule has 3 amide bonds. The fourth-order valence-electron chi connectivity index (χ4n) is 5.31. The highest BCUT2D eigenvalue weighted by molar-refractivity contribution is 5.92. The molecule has 8 heteroatoms. The molecule has 0 aliphatic carbocycles. The average Bonchev–Trinajstić information content (AvgIpc) is 3.06. The third-order valence-corrected chi connectivity index (χ3v) is 7.42. The van der Waals surface area contributed by atoms with Crippen LogP contribution >= 0.6 is 0 Å². The molecule has 0 radical (unpaired) electrons. The van der Waals surface area contributed by atoms with E-state index in [0.29, 0.717) is 19.1 Å². The van der Waals surface area contributed by atoms with E-state index in [0.717, 1.165) is 22.3 Å². The number of carbonyl (C=O) groups is 4. The van der Waals surface area contributed by atoms with Crippen LogP contribution in [-0.2, 0) is 31.1 Å². The van der Waals surface area contributed by atoms with Crippen LogP contribution in [0.25, 0.3) is 0 Å². The minimum atomic E-state index is -1.32. The Hall–Kier alpha value is -5.24. The van der Waals surface area contributed by atoms with E-state index in [4.69, 9.17) is 4.74 Å². The number of hydrogen-bond acceptors (Lipinski definition) is 5. The molecule has 0 aliphatic heterocycles. The van der Waals surface area contributed by atoms with E-state index in [1.165, 1.54) is 0 Å². The van der Waals surface area contributed by atoms with Gasteiger partial charge in [-0.3, -0.25) is 9.59 Å². The molecule has 0 aliphatic rings. The van der Waals surface area contributed by atoms with Gasteiger partial charge in [0.15, 0.2) is 0 Å². The number of alkyl carbamates (subject to hydrolysis) is 1. The minimum absolute atomic E-state index is 0.351. The first-order valence-corrected chi connectivity index (χ1v) is 15.4. The zero-order valence-electron chi connectivity index (χ0n) is 26.4. The standard InChI is InChI=1S/C38H41N3O5/c1-37(2,3)46-36(45)40-33(35(44)39-32(27-42)25-24-28-16-8-4-9-17-28)26-34(43)41-38(29-18-10-5-11-19-29,30-20-12-6-13-21-30)31-22-14-7-15-23-31/h4-23,27,32-33H,24-26H2,1-3H3,(H,39,44)(H,40,45)(H,41,43)/t32?,33-/m1/s1. The van der Waals surface area contributed by atoms with Crippen molar-refractivity contribution in [2.24, 2.45) is 0 Å². The topological polar surface area (TPSA) is 114 Å². The van der Waals surface area contributed by atoms with Crippen molar-refractivity contribution in [2.45, 2.75) is 63.3 Å². The molecule has 238 valence electrons. The minimum Gasteiger partial charge on any atom is -0.444 e. The Morgan fingerprint density at radius 3 is 1.59 bits per heavy atom. The maximum Gasteiger partial charge on any atom is 0.408 e. The third kappa shape index (κ3) is 9.14. The first-order valence-electron chi connectivity index (χ1n) is 15.4. The van der Waals surface area contributed by atoms with Crippen LogP contribution in [0.1, 0.15) is 55.9 Å². The molecule has 2 atom stereocenters. The van der Waals surface area contributed by atoms with Gasteiger partial charge in [-0.15, -0.1) is 0 Å². The Balaban J connectivity index is 1.63. The fourth-order valence-corrected chi connectivity index (χ4v) is 5.31. The summed E-state index contributed by atoms with van der Waals surface area (Å²) in [6.45, 7) is 5.11. The Labute approximate surface area is 270 Å². The number of aryl methyl sites for hydroxylation is 1. The van der Waals surface area contributed by atoms with Crippen LogP contribution in [0, 0.1) is 0 Å². The Morgan fingerprint density at radius 1 is 0.696 bits per heavy atom. The van der Waals surface area contributed by atoms with E-state index in [9.17, 15) is 19.2 Å². The second-order valence-electron chi connectivity index (χ2n) is 12.1. The van der Waals surface area contributed by atoms with Crippen molar-refractivity contribution in [2.75, 3.05) is 0 Å². The maximum atomic E-state index is 14.1. The van der Waals surface area contributed by atoms with Gasteiger partial charge in [-0.1, -0.05) is 121 Å². The monoisotopic (exact) mass is 619 g/mol. The van der Waals surface area contributed by atoms with Gasteiger partial charge in [0, 0.05) is 0 Å². The van der Waals surface area contributed by atoms with Crippen LogP contribution < -0.4 is 16.0 Å². The van der Waals surface area contributed by atoms with Crippen LogP contribution in [0.5, 0.6) is 0 Å². The number of ether oxygens (including phenoxy) is 1. The smallest absolute Gasteiger partial charge is 0.408 e. The number of aldehydes is 1. The molecule has 0 spiro atoms. The second kappa shape index (κ2) is 15.7. The maximum absolute atomic E-state index is 14.1. The molecule has 8 nitrogen and oxygen atoms in total. The first kappa shape index (κ1) is 33.6. The van der Waals surface area contributed by atoms with Crippen molar-refractivity contribution in [3.05, 3.63) is 144 Å². The summed E-state index contributed by atoms with van der Waals surface area (Å²) < 4.78 is 5.41. The SMILES string of the molecule is CC(C)(C)OC(=O)N[C@H](CC(=O)NC(c1ccccc1)(c1ccccc1)c1ccccc1)C(=O)NC(C=O)CCc1ccccc1. The highest BCUT2D eigenvalue weighted by Crippen LogP contribution is 2.37. The number of benzene rings is 4. The van der Waals surface area contributed by atoms with Crippen LogP contribution in [0.3, 0.4) is 0 Å². The number of nitrogens with one attached hydrogen (secondary N) is 3. The predicted octanol–water partition coefficient (Wildman–Crippen LogP) is 5.69. The van der Waals surface area contributed by atoms with Crippen molar-refractivity contribution in [1.82, 2.24) is 16.0 Å². The molecule has 1 unspecified atom stereocenters. The molecule has 0 fully saturated rings. The Morgan fingerprint density at radius 2 is 1.15 bits per heavy atom. The summed E-state index contributed by atoms with van der Waals surface area (Å²) in [6, 6.07) is 36.2. The van der Waals surface area contributed by atoms with Crippen LogP contribution in [-0.4, -0.2) is 41.9 Å². The van der Waals surface area contributed by atoms with Gasteiger partial charge in [0.05, 0.1) is 12.5 Å². The summed E-state index contributed by atoms with van der Waals surface area (Å²) in [6.07, 6.45) is 0.306. The van der Waals surface area contributed by atoms with Crippen molar-refractivity contribution in [3.8, 4) is 0 Å². The molecular weight excluding hydrogens is 578 g/mol. The van der Waals surface area contributed by atoms with E-state index in [1.54, 1.807) is 20.8 Å². The van der Waals surface area contributed by atoms with Crippen molar-refractivity contribution < 1.29 is 23.9 Å². The predicted molar refractivity (Wildman–Crippen MR) is 178 cm³/mol. The highest BCUT2D eigenvalue weighted by atomic mass is 16.6. The summed E-state index contributed by atoms with van der Waals surface area (Å²) in [4.78, 5) is 52.5. The van der Waals surface area contributed by atoms with Crippen LogP contribution in [0.2, 0.25) is 0 Å². The Kier molecular flexibility index (Phi) is 11.5. The van der Waals surface area contributed by atoms with Crippen molar-refractivity contribution in [3.63, 3.8) is 0 Å². The molecule has 0 aromatic heterocycles. The molecule has 0 saturated carbocycles. The molecule has 0 heterocycles. The number of hydrogen-bond donors (Lipinski definition) is 3. The van der Waals surface area contributed by atoms with Crippen molar-refractivity contribution in [1.29, 1.82) is 0 Å². The molecule has 4 aromatic carbocycles. The summed E-state index contributed by atoms with van der Waals surface area (Å²) >= 11 is 0. The van der Waals surface area contributed by atoms with Crippen molar-refractivity contribution >= 4 is 24.2 Å². The fraction of sp³-hybridized carbons (Fsp3) is 0.263. The molecule has 4 rings (SSSR count). The van der Waals surface area contributed by atoms with Gasteiger partial charge in [-0.2, -0.15) is 0 Å². The number of carbonyl (C=O) groups excluding carboxylic acids is 4. The van der Waals surface area contributed by atoms with Gasteiger partial charge in [0.1, 0.15) is 23.5 Å². The second-order valence-corrected chi connectivity index (χ2v) is 12.1. The van der Waals surface area contributed by atoms with Gasteiger partial charge < -0.3 is 25.5 Å². The van der Waals surface area contributed by atoms with Gasteiger partial charge in [0.2, 0.25) is 11.8 Å². The van der Waals surface area contributed by atoms with Crippen LogP contribution in [0.4, 0.5) is 4.79 Å². The number of amides is 3. The third-order valence-electron chi connectivity index (χ3n) is 7.42. The molecule has 46 heavy (non-hydrogen) atoms. The van der Waals surface area contributed by atoms with Gasteiger partial charge in [-0.05, 0) is 55.9 Å². The molecule has 3 N–H and O–H groups in total. The highest BCUT2D eigenvalue weighted by Gasteiger charge is 2.39. The van der Waals surface area contributed by atoms with E-state index in [2.05, 4.69) is 16.0 Å². The van der Waals surface area contributed by atoms with Gasteiger partial charge in [-0.25, -0.2) is 4.79 Å². The van der Waals surface area contributed by atoms with E-state index >= 15 is 0 Å². The quantitative estimate of drug-likeness (QED) is 0.131. The molecule has 0 saturated heterocycles. The first-order chi connectivity index (χ1) is 22.1. The van der Waals surface area contributed by atoms with Gasteiger partial charge in [0.25, 0.3) is 0 Å². The normalized spacial score (nSPS) is 12.7. The molecule has 4 aromatic rings. The summed E-state index contributed by atoms with van der Waals surface area (Å²) in [5.74, 6) is -1.17. The summed E-state index contributed by atoms with van der Waals surface area (Å²) in [5, 5.41) is 8.49. The van der Waals surface area contributed by atoms with E-state index in [-0.39, 0.29) is 0 Å². The average molecular weight is 620 g/mol. The lowest BCUT2D eigenvalue weighted by atomic mass is 9.77.